The standard InChI is InChI=1S/C31H31FN4O4/c1-23(37)35-14-16-36(17-15-35)31(38)29-22-39-30(33-29)21-34(19-24-10-12-26(32)13-11-24)20-25-6-5-9-28(18-25)40-27-7-3-2-4-8-27/h2-13,18,22H,14-17,19-21H2,1H3. The van der Waals surface area contributed by atoms with Gasteiger partial charge in [-0.3, -0.25) is 14.5 Å². The Bertz CT molecular complexity index is 1430. The highest BCUT2D eigenvalue weighted by molar-refractivity contribution is 5.92. The van der Waals surface area contributed by atoms with Gasteiger partial charge in [-0.05, 0) is 47.5 Å². The number of amides is 2. The first-order chi connectivity index (χ1) is 19.4. The number of oxazole rings is 1. The molecule has 3 aromatic carbocycles. The van der Waals surface area contributed by atoms with Crippen molar-refractivity contribution in [2.24, 2.45) is 0 Å². The minimum absolute atomic E-state index is 0.00855. The van der Waals surface area contributed by atoms with Crippen LogP contribution in [0, 0.1) is 5.82 Å². The third-order valence-electron chi connectivity index (χ3n) is 6.74. The molecule has 8 nitrogen and oxygen atoms in total. The maximum absolute atomic E-state index is 13.5. The molecule has 0 unspecified atom stereocenters. The number of halogens is 1. The smallest absolute Gasteiger partial charge is 0.275 e. The van der Waals surface area contributed by atoms with Crippen molar-refractivity contribution in [3.63, 3.8) is 0 Å². The molecule has 0 bridgehead atoms. The number of rotatable bonds is 9. The number of aromatic nitrogens is 1. The van der Waals surface area contributed by atoms with E-state index < -0.39 is 0 Å². The van der Waals surface area contributed by atoms with E-state index in [1.807, 2.05) is 54.6 Å². The quantitative estimate of drug-likeness (QED) is 0.292. The summed E-state index contributed by atoms with van der Waals surface area (Å²) < 4.78 is 25.2. The second kappa shape index (κ2) is 12.6. The zero-order valence-corrected chi connectivity index (χ0v) is 22.3. The third-order valence-corrected chi connectivity index (χ3v) is 6.74. The lowest BCUT2D eigenvalue weighted by Crippen LogP contribution is -2.50. The summed E-state index contributed by atoms with van der Waals surface area (Å²) in [7, 11) is 0. The van der Waals surface area contributed by atoms with Gasteiger partial charge in [0.05, 0.1) is 6.54 Å². The van der Waals surface area contributed by atoms with Crippen LogP contribution in [0.4, 0.5) is 4.39 Å². The van der Waals surface area contributed by atoms with Crippen molar-refractivity contribution < 1.29 is 23.1 Å². The molecule has 1 aliphatic heterocycles. The molecule has 9 heteroatoms. The highest BCUT2D eigenvalue weighted by atomic mass is 19.1. The van der Waals surface area contributed by atoms with Crippen molar-refractivity contribution in [3.8, 4) is 11.5 Å². The van der Waals surface area contributed by atoms with E-state index in [0.29, 0.717) is 51.7 Å². The number of nitrogens with zero attached hydrogens (tertiary/aromatic N) is 4. The fourth-order valence-electron chi connectivity index (χ4n) is 4.67. The molecule has 1 aromatic heterocycles. The van der Waals surface area contributed by atoms with Crippen LogP contribution < -0.4 is 4.74 Å². The van der Waals surface area contributed by atoms with Crippen LogP contribution >= 0.6 is 0 Å². The van der Waals surface area contributed by atoms with Crippen molar-refractivity contribution in [1.82, 2.24) is 19.7 Å². The molecule has 0 N–H and O–H groups in total. The van der Waals surface area contributed by atoms with Crippen LogP contribution in [0.1, 0.15) is 34.4 Å². The van der Waals surface area contributed by atoms with Crippen LogP contribution in [0.15, 0.2) is 89.5 Å². The van der Waals surface area contributed by atoms with E-state index in [2.05, 4.69) is 9.88 Å². The molecule has 2 amide bonds. The van der Waals surface area contributed by atoms with Crippen LogP contribution in [-0.2, 0) is 24.4 Å². The summed E-state index contributed by atoms with van der Waals surface area (Å²) >= 11 is 0. The highest BCUT2D eigenvalue weighted by Gasteiger charge is 2.25. The fraction of sp³-hybridized carbons (Fsp3) is 0.258. The monoisotopic (exact) mass is 542 g/mol. The molecule has 4 aromatic rings. The Morgan fingerprint density at radius 2 is 1.52 bits per heavy atom. The first-order valence-corrected chi connectivity index (χ1v) is 13.2. The fourth-order valence-corrected chi connectivity index (χ4v) is 4.67. The molecule has 1 aliphatic rings. The van der Waals surface area contributed by atoms with Crippen molar-refractivity contribution in [1.29, 1.82) is 0 Å². The Labute approximate surface area is 232 Å². The summed E-state index contributed by atoms with van der Waals surface area (Å²) in [5.41, 5.74) is 2.19. The Morgan fingerprint density at radius 3 is 2.25 bits per heavy atom. The summed E-state index contributed by atoms with van der Waals surface area (Å²) in [5.74, 6) is 1.38. The second-order valence-corrected chi connectivity index (χ2v) is 9.76. The molecule has 0 saturated carbocycles. The topological polar surface area (TPSA) is 79.1 Å². The SMILES string of the molecule is CC(=O)N1CCN(C(=O)c2coc(CN(Cc3ccc(F)cc3)Cc3cccc(Oc4ccccc4)c3)n2)CC1. The molecular weight excluding hydrogens is 511 g/mol. The molecule has 0 spiro atoms. The van der Waals surface area contributed by atoms with Crippen LogP contribution in [0.25, 0.3) is 0 Å². The van der Waals surface area contributed by atoms with E-state index >= 15 is 0 Å². The number of hydrogen-bond acceptors (Lipinski definition) is 6. The lowest BCUT2D eigenvalue weighted by atomic mass is 10.1. The van der Waals surface area contributed by atoms with Gasteiger partial charge in [0.15, 0.2) is 5.69 Å². The highest BCUT2D eigenvalue weighted by Crippen LogP contribution is 2.23. The van der Waals surface area contributed by atoms with Gasteiger partial charge in [-0.25, -0.2) is 9.37 Å². The van der Waals surface area contributed by atoms with Crippen molar-refractivity contribution in [2.75, 3.05) is 26.2 Å². The van der Waals surface area contributed by atoms with E-state index in [-0.39, 0.29) is 23.3 Å². The zero-order chi connectivity index (χ0) is 27.9. The largest absolute Gasteiger partial charge is 0.457 e. The van der Waals surface area contributed by atoms with E-state index in [1.54, 1.807) is 21.9 Å². The number of para-hydroxylation sites is 1. The normalized spacial score (nSPS) is 13.5. The molecule has 206 valence electrons. The summed E-state index contributed by atoms with van der Waals surface area (Å²) in [4.78, 5) is 34.6. The molecule has 5 rings (SSSR count). The first-order valence-electron chi connectivity index (χ1n) is 13.2. The average Bonchev–Trinajstić information content (AvgIpc) is 3.43. The molecule has 2 heterocycles. The van der Waals surface area contributed by atoms with Crippen LogP contribution in [0.2, 0.25) is 0 Å². The minimum atomic E-state index is -0.291. The molecule has 40 heavy (non-hydrogen) atoms. The van der Waals surface area contributed by atoms with Gasteiger partial charge in [0.2, 0.25) is 11.8 Å². The first kappa shape index (κ1) is 27.1. The van der Waals surface area contributed by atoms with Gasteiger partial charge in [0.25, 0.3) is 5.91 Å². The van der Waals surface area contributed by atoms with Crippen LogP contribution in [0.3, 0.4) is 0 Å². The maximum atomic E-state index is 13.5. The number of piperazine rings is 1. The average molecular weight is 543 g/mol. The number of ether oxygens (including phenoxy) is 1. The predicted molar refractivity (Wildman–Crippen MR) is 147 cm³/mol. The molecule has 0 atom stereocenters. The number of hydrogen-bond donors (Lipinski definition) is 0. The summed E-state index contributed by atoms with van der Waals surface area (Å²) in [6, 6.07) is 23.8. The van der Waals surface area contributed by atoms with E-state index in [1.165, 1.54) is 25.3 Å². The lowest BCUT2D eigenvalue weighted by molar-refractivity contribution is -0.130. The number of benzene rings is 3. The van der Waals surface area contributed by atoms with Gasteiger partial charge in [-0.15, -0.1) is 0 Å². The lowest BCUT2D eigenvalue weighted by Gasteiger charge is -2.33. The zero-order valence-electron chi connectivity index (χ0n) is 22.3. The van der Waals surface area contributed by atoms with Crippen molar-refractivity contribution >= 4 is 11.8 Å². The molecule has 0 aliphatic carbocycles. The number of carbonyl (C=O) groups is 2. The summed E-state index contributed by atoms with van der Waals surface area (Å²) in [5, 5.41) is 0. The Morgan fingerprint density at radius 1 is 0.850 bits per heavy atom. The third kappa shape index (κ3) is 7.12. The van der Waals surface area contributed by atoms with Gasteiger partial charge in [0.1, 0.15) is 23.6 Å². The van der Waals surface area contributed by atoms with E-state index in [4.69, 9.17) is 9.15 Å². The van der Waals surface area contributed by atoms with Gasteiger partial charge >= 0.3 is 0 Å². The van der Waals surface area contributed by atoms with Gasteiger partial charge in [-0.1, -0.05) is 42.5 Å². The second-order valence-electron chi connectivity index (χ2n) is 9.76. The summed E-state index contributed by atoms with van der Waals surface area (Å²) in [6.45, 7) is 4.86. The van der Waals surface area contributed by atoms with Crippen molar-refractivity contribution in [2.45, 2.75) is 26.6 Å². The van der Waals surface area contributed by atoms with Crippen LogP contribution in [0.5, 0.6) is 11.5 Å². The van der Waals surface area contributed by atoms with Gasteiger partial charge < -0.3 is 19.0 Å². The van der Waals surface area contributed by atoms with E-state index in [0.717, 1.165) is 22.6 Å². The van der Waals surface area contributed by atoms with Crippen molar-refractivity contribution in [3.05, 3.63) is 114 Å². The Balaban J connectivity index is 1.29. The maximum Gasteiger partial charge on any atom is 0.275 e. The Hall–Kier alpha value is -4.50. The van der Waals surface area contributed by atoms with Crippen LogP contribution in [-0.4, -0.2) is 57.7 Å². The Kier molecular flexibility index (Phi) is 8.51. The molecular formula is C31H31FN4O4. The molecule has 1 fully saturated rings. The van der Waals surface area contributed by atoms with Gasteiger partial charge in [0, 0.05) is 46.2 Å². The predicted octanol–water partition coefficient (Wildman–Crippen LogP) is 5.11. The molecule has 0 radical (unpaired) electrons. The molecule has 1 saturated heterocycles. The minimum Gasteiger partial charge on any atom is -0.457 e. The van der Waals surface area contributed by atoms with E-state index in [9.17, 15) is 14.0 Å². The number of carbonyl (C=O) groups excluding carboxylic acids is 2. The summed E-state index contributed by atoms with van der Waals surface area (Å²) in [6.07, 6.45) is 1.39. The van der Waals surface area contributed by atoms with Gasteiger partial charge in [-0.2, -0.15) is 0 Å².